The van der Waals surface area contributed by atoms with Crippen LogP contribution in [0.1, 0.15) is 55.4 Å². The maximum Gasteiger partial charge on any atom is 0.154 e. The molecule has 0 unspecified atom stereocenters. The van der Waals surface area contributed by atoms with Gasteiger partial charge in [0.15, 0.2) is 5.84 Å². The topological polar surface area (TPSA) is 24.7 Å². The van der Waals surface area contributed by atoms with E-state index in [1.165, 1.54) is 23.1 Å². The zero-order valence-electron chi connectivity index (χ0n) is 16.0. The molecule has 0 radical (unpaired) electrons. The van der Waals surface area contributed by atoms with Gasteiger partial charge in [0.05, 0.1) is 0 Å². The van der Waals surface area contributed by atoms with Crippen molar-refractivity contribution in [2.45, 2.75) is 52.9 Å². The van der Waals surface area contributed by atoms with Crippen LogP contribution >= 0.6 is 0 Å². The minimum Gasteiger partial charge on any atom is -0.270 e. The first kappa shape index (κ1) is 19.1. The van der Waals surface area contributed by atoms with Crippen molar-refractivity contribution < 1.29 is 0 Å². The molecular formula is C23H30N2. The van der Waals surface area contributed by atoms with Crippen molar-refractivity contribution in [3.8, 4) is 0 Å². The summed E-state index contributed by atoms with van der Waals surface area (Å²) in [4.78, 5) is 9.14. The number of aryl methyl sites for hydroxylation is 3. The van der Waals surface area contributed by atoms with Crippen molar-refractivity contribution in [1.82, 2.24) is 0 Å². The van der Waals surface area contributed by atoms with Gasteiger partial charge in [0, 0.05) is 18.3 Å². The molecule has 0 saturated heterocycles. The average Bonchev–Trinajstić information content (AvgIpc) is 2.64. The van der Waals surface area contributed by atoms with E-state index in [1.54, 1.807) is 0 Å². The Balaban J connectivity index is 1.85. The monoisotopic (exact) mass is 334 g/mol. The summed E-state index contributed by atoms with van der Waals surface area (Å²) in [7, 11) is 1.82. The molecule has 0 bridgehead atoms. The van der Waals surface area contributed by atoms with Crippen molar-refractivity contribution in [2.75, 3.05) is 7.05 Å². The zero-order chi connectivity index (χ0) is 18.1. The Labute approximate surface area is 152 Å². The van der Waals surface area contributed by atoms with Gasteiger partial charge < -0.3 is 0 Å². The highest BCUT2D eigenvalue weighted by atomic mass is 14.9. The Morgan fingerprint density at radius 1 is 0.920 bits per heavy atom. The van der Waals surface area contributed by atoms with Crippen LogP contribution in [0, 0.1) is 6.92 Å². The lowest BCUT2D eigenvalue weighted by atomic mass is 10.0. The highest BCUT2D eigenvalue weighted by Crippen LogP contribution is 2.12. The molecule has 0 amide bonds. The van der Waals surface area contributed by atoms with Gasteiger partial charge in [0.25, 0.3) is 0 Å². The maximum absolute atomic E-state index is 4.76. The van der Waals surface area contributed by atoms with Crippen LogP contribution in [-0.4, -0.2) is 18.6 Å². The summed E-state index contributed by atoms with van der Waals surface area (Å²) in [6, 6.07) is 17.3. The summed E-state index contributed by atoms with van der Waals surface area (Å²) >= 11 is 0. The van der Waals surface area contributed by atoms with Gasteiger partial charge in [-0.1, -0.05) is 55.5 Å². The Morgan fingerprint density at radius 3 is 2.24 bits per heavy atom. The maximum atomic E-state index is 4.76. The van der Waals surface area contributed by atoms with Gasteiger partial charge in [-0.15, -0.1) is 0 Å². The second-order valence-electron chi connectivity index (χ2n) is 6.59. The number of hydrogen-bond acceptors (Lipinski definition) is 1. The predicted octanol–water partition coefficient (Wildman–Crippen LogP) is 5.81. The average molecular weight is 335 g/mol. The third-order valence-corrected chi connectivity index (χ3v) is 4.58. The third-order valence-electron chi connectivity index (χ3n) is 4.58. The van der Waals surface area contributed by atoms with E-state index < -0.39 is 0 Å². The van der Waals surface area contributed by atoms with Crippen LogP contribution in [0.5, 0.6) is 0 Å². The van der Waals surface area contributed by atoms with Crippen molar-refractivity contribution >= 4 is 11.5 Å². The van der Waals surface area contributed by atoms with Crippen LogP contribution in [-0.2, 0) is 12.8 Å². The molecule has 2 aromatic carbocycles. The first-order valence-corrected chi connectivity index (χ1v) is 9.28. The number of unbranched alkanes of at least 4 members (excludes halogenated alkanes) is 1. The number of amidine groups is 1. The lowest BCUT2D eigenvalue weighted by Gasteiger charge is -2.07. The largest absolute Gasteiger partial charge is 0.270 e. The van der Waals surface area contributed by atoms with Gasteiger partial charge in [-0.3, -0.25) is 4.99 Å². The van der Waals surface area contributed by atoms with E-state index >= 15 is 0 Å². The number of benzene rings is 2. The van der Waals surface area contributed by atoms with E-state index in [2.05, 4.69) is 68.2 Å². The fourth-order valence-electron chi connectivity index (χ4n) is 2.94. The molecule has 0 fully saturated rings. The molecule has 0 heterocycles. The van der Waals surface area contributed by atoms with E-state index in [1.807, 2.05) is 13.1 Å². The molecular weight excluding hydrogens is 304 g/mol. The standard InChI is InChI=1S/C23H30N2/c1-5-20-14-16-21(17-15-20)12-8-7-11-19(3)25-23(24-4)22-13-9-6-10-18(22)2/h6,9-10,13-17H,5,7-8,11-12H2,1-4H3. The third kappa shape index (κ3) is 5.97. The van der Waals surface area contributed by atoms with Gasteiger partial charge in [0.2, 0.25) is 0 Å². The predicted molar refractivity (Wildman–Crippen MR) is 110 cm³/mol. The number of aliphatic imine (C=N–C) groups is 2. The molecule has 0 spiro atoms. The summed E-state index contributed by atoms with van der Waals surface area (Å²) < 4.78 is 0. The van der Waals surface area contributed by atoms with Crippen molar-refractivity contribution in [3.63, 3.8) is 0 Å². The Morgan fingerprint density at radius 2 is 1.60 bits per heavy atom. The SMILES string of the molecule is CCc1ccc(CCCCC(C)=NC(=NC)c2ccccc2C)cc1. The molecule has 2 rings (SSSR count). The summed E-state index contributed by atoms with van der Waals surface area (Å²) in [5, 5.41) is 0. The number of rotatable bonds is 7. The fraction of sp³-hybridized carbons (Fsp3) is 0.391. The van der Waals surface area contributed by atoms with Crippen LogP contribution in [0.25, 0.3) is 0 Å². The summed E-state index contributed by atoms with van der Waals surface area (Å²) in [5.74, 6) is 0.839. The van der Waals surface area contributed by atoms with Gasteiger partial charge in [-0.05, 0) is 62.6 Å². The molecule has 0 aliphatic rings. The fourth-order valence-corrected chi connectivity index (χ4v) is 2.94. The molecule has 132 valence electrons. The molecule has 25 heavy (non-hydrogen) atoms. The molecule has 2 nitrogen and oxygen atoms in total. The molecule has 2 aromatic rings. The molecule has 0 saturated carbocycles. The molecule has 0 aliphatic carbocycles. The normalized spacial score (nSPS) is 12.5. The molecule has 2 heteroatoms. The van der Waals surface area contributed by atoms with Crippen LogP contribution in [0.15, 0.2) is 58.5 Å². The second kappa shape index (κ2) is 9.93. The molecule has 0 aliphatic heterocycles. The molecule has 0 aromatic heterocycles. The summed E-state index contributed by atoms with van der Waals surface area (Å²) in [6.07, 6.45) is 5.64. The smallest absolute Gasteiger partial charge is 0.154 e. The van der Waals surface area contributed by atoms with Gasteiger partial charge in [-0.25, -0.2) is 4.99 Å². The minimum absolute atomic E-state index is 0.839. The highest BCUT2D eigenvalue weighted by molar-refractivity contribution is 6.07. The first-order chi connectivity index (χ1) is 12.1. The van der Waals surface area contributed by atoms with E-state index in [0.717, 1.165) is 42.8 Å². The number of hydrogen-bond donors (Lipinski definition) is 0. The van der Waals surface area contributed by atoms with Gasteiger partial charge in [-0.2, -0.15) is 0 Å². The lowest BCUT2D eigenvalue weighted by Crippen LogP contribution is -2.04. The van der Waals surface area contributed by atoms with Crippen molar-refractivity contribution in [2.24, 2.45) is 9.98 Å². The van der Waals surface area contributed by atoms with Crippen molar-refractivity contribution in [1.29, 1.82) is 0 Å². The van der Waals surface area contributed by atoms with E-state index in [9.17, 15) is 0 Å². The van der Waals surface area contributed by atoms with Gasteiger partial charge >= 0.3 is 0 Å². The number of nitrogens with zero attached hydrogens (tertiary/aromatic N) is 2. The van der Waals surface area contributed by atoms with E-state index in [-0.39, 0.29) is 0 Å². The molecule has 0 atom stereocenters. The highest BCUT2D eigenvalue weighted by Gasteiger charge is 2.05. The van der Waals surface area contributed by atoms with E-state index in [0.29, 0.717) is 0 Å². The van der Waals surface area contributed by atoms with Crippen LogP contribution < -0.4 is 0 Å². The lowest BCUT2D eigenvalue weighted by molar-refractivity contribution is 0.760. The Bertz CT molecular complexity index is 724. The van der Waals surface area contributed by atoms with Gasteiger partial charge in [0.1, 0.15) is 0 Å². The Kier molecular flexibility index (Phi) is 7.59. The first-order valence-electron chi connectivity index (χ1n) is 9.28. The summed E-state index contributed by atoms with van der Waals surface area (Å²) in [6.45, 7) is 6.41. The van der Waals surface area contributed by atoms with E-state index in [4.69, 9.17) is 4.99 Å². The Hall–Kier alpha value is -2.22. The summed E-state index contributed by atoms with van der Waals surface area (Å²) in [5.41, 5.74) is 6.34. The molecule has 0 N–H and O–H groups in total. The van der Waals surface area contributed by atoms with Crippen LogP contribution in [0.2, 0.25) is 0 Å². The minimum atomic E-state index is 0.839. The van der Waals surface area contributed by atoms with Crippen LogP contribution in [0.3, 0.4) is 0 Å². The zero-order valence-corrected chi connectivity index (χ0v) is 16.0. The van der Waals surface area contributed by atoms with Crippen molar-refractivity contribution in [3.05, 3.63) is 70.8 Å². The second-order valence-corrected chi connectivity index (χ2v) is 6.59. The van der Waals surface area contributed by atoms with Crippen LogP contribution in [0.4, 0.5) is 0 Å². The quantitative estimate of drug-likeness (QED) is 0.347.